The van der Waals surface area contributed by atoms with E-state index in [4.69, 9.17) is 16.3 Å². The molecule has 0 N–H and O–H groups in total. The molecule has 0 aromatic heterocycles. The third kappa shape index (κ3) is 4.23. The average molecular weight is 389 g/mol. The first-order valence-electron chi connectivity index (χ1n) is 7.79. The summed E-state index contributed by atoms with van der Waals surface area (Å²) in [6.45, 7) is -0.489. The van der Waals surface area contributed by atoms with Gasteiger partial charge in [-0.15, -0.1) is 11.8 Å². The van der Waals surface area contributed by atoms with Crippen molar-refractivity contribution in [1.29, 1.82) is 0 Å². The Morgan fingerprint density at radius 3 is 2.50 bits per heavy atom. The second-order valence-corrected chi connectivity index (χ2v) is 6.87. The van der Waals surface area contributed by atoms with Crippen LogP contribution in [0.3, 0.4) is 0 Å². The molecule has 0 fully saturated rings. The van der Waals surface area contributed by atoms with E-state index < -0.39 is 24.2 Å². The summed E-state index contributed by atoms with van der Waals surface area (Å²) in [7, 11) is 0. The molecule has 6 heteroatoms. The van der Waals surface area contributed by atoms with E-state index in [2.05, 4.69) is 0 Å². The quantitative estimate of drug-likeness (QED) is 0.333. The van der Waals surface area contributed by atoms with Crippen LogP contribution in [0.4, 0.5) is 4.39 Å². The van der Waals surface area contributed by atoms with Crippen molar-refractivity contribution >= 4 is 45.9 Å². The van der Waals surface area contributed by atoms with Gasteiger partial charge in [0, 0.05) is 15.3 Å². The van der Waals surface area contributed by atoms with Gasteiger partial charge in [-0.25, -0.2) is 4.39 Å². The van der Waals surface area contributed by atoms with Crippen LogP contribution < -0.4 is 0 Å². The van der Waals surface area contributed by atoms with Gasteiger partial charge in [0.25, 0.3) is 0 Å². The van der Waals surface area contributed by atoms with Crippen molar-refractivity contribution in [2.75, 3.05) is 12.4 Å². The maximum atomic E-state index is 13.5. The number of Topliss-reactive ketones (excluding diaryl/α,β-unsaturated/α-hetero) is 1. The van der Waals surface area contributed by atoms with Gasteiger partial charge in [0.1, 0.15) is 5.82 Å². The molecule has 132 valence electrons. The zero-order chi connectivity index (χ0) is 18.5. The van der Waals surface area contributed by atoms with Gasteiger partial charge in [-0.2, -0.15) is 0 Å². The van der Waals surface area contributed by atoms with Crippen molar-refractivity contribution in [1.82, 2.24) is 0 Å². The topological polar surface area (TPSA) is 43.4 Å². The zero-order valence-electron chi connectivity index (χ0n) is 13.6. The number of esters is 1. The van der Waals surface area contributed by atoms with Crippen LogP contribution in [0.25, 0.3) is 10.8 Å². The maximum Gasteiger partial charge on any atom is 0.316 e. The normalized spacial score (nSPS) is 10.7. The van der Waals surface area contributed by atoms with E-state index in [0.717, 1.165) is 15.7 Å². The van der Waals surface area contributed by atoms with Crippen LogP contribution in [0.5, 0.6) is 0 Å². The number of benzene rings is 3. The Labute approximate surface area is 159 Å². The van der Waals surface area contributed by atoms with Gasteiger partial charge in [0.15, 0.2) is 6.61 Å². The molecule has 0 bridgehead atoms. The minimum atomic E-state index is -0.631. The van der Waals surface area contributed by atoms with Crippen molar-refractivity contribution in [2.24, 2.45) is 0 Å². The molecule has 0 saturated heterocycles. The molecule has 0 aliphatic rings. The minimum Gasteiger partial charge on any atom is -0.457 e. The molecule has 3 rings (SSSR count). The smallest absolute Gasteiger partial charge is 0.316 e. The molecule has 3 nitrogen and oxygen atoms in total. The summed E-state index contributed by atoms with van der Waals surface area (Å²) in [6, 6.07) is 16.9. The van der Waals surface area contributed by atoms with Crippen molar-refractivity contribution in [2.45, 2.75) is 4.90 Å². The number of fused-ring (bicyclic) bond motifs is 1. The van der Waals surface area contributed by atoms with E-state index in [9.17, 15) is 14.0 Å². The first kappa shape index (κ1) is 18.4. The van der Waals surface area contributed by atoms with Gasteiger partial charge in [-0.1, -0.05) is 48.0 Å². The SMILES string of the molecule is O=C(CSc1cccc2cccc(Cl)c12)OCC(=O)c1ccccc1F. The highest BCUT2D eigenvalue weighted by Gasteiger charge is 2.14. The fraction of sp³-hybridized carbons (Fsp3) is 0.100. The zero-order valence-corrected chi connectivity index (χ0v) is 15.1. The number of halogens is 2. The van der Waals surface area contributed by atoms with E-state index in [1.54, 1.807) is 12.1 Å². The molecule has 0 aliphatic carbocycles. The number of rotatable bonds is 6. The number of hydrogen-bond acceptors (Lipinski definition) is 4. The number of carbonyl (C=O) groups is 2. The van der Waals surface area contributed by atoms with Gasteiger partial charge >= 0.3 is 5.97 Å². The van der Waals surface area contributed by atoms with Crippen molar-refractivity contribution < 1.29 is 18.7 Å². The van der Waals surface area contributed by atoms with Crippen LogP contribution in [-0.4, -0.2) is 24.1 Å². The molecule has 0 amide bonds. The predicted molar refractivity (Wildman–Crippen MR) is 101 cm³/mol. The van der Waals surface area contributed by atoms with Crippen molar-refractivity contribution in [3.05, 3.63) is 77.1 Å². The fourth-order valence-electron chi connectivity index (χ4n) is 2.47. The molecule has 0 radical (unpaired) electrons. The molecule has 0 atom stereocenters. The summed E-state index contributed by atoms with van der Waals surface area (Å²) in [6.07, 6.45) is 0. The molecule has 0 aliphatic heterocycles. The van der Waals surface area contributed by atoms with Crippen LogP contribution in [-0.2, 0) is 9.53 Å². The van der Waals surface area contributed by atoms with Gasteiger partial charge in [-0.05, 0) is 29.7 Å². The molecule has 0 saturated carbocycles. The third-order valence-electron chi connectivity index (χ3n) is 3.70. The lowest BCUT2D eigenvalue weighted by Crippen LogP contribution is -2.16. The van der Waals surface area contributed by atoms with E-state index >= 15 is 0 Å². The molecular weight excluding hydrogens is 375 g/mol. The third-order valence-corrected chi connectivity index (χ3v) is 5.05. The summed E-state index contributed by atoms with van der Waals surface area (Å²) >= 11 is 7.53. The van der Waals surface area contributed by atoms with Gasteiger partial charge in [0.2, 0.25) is 5.78 Å². The van der Waals surface area contributed by atoms with Crippen molar-refractivity contribution in [3.8, 4) is 0 Å². The first-order valence-corrected chi connectivity index (χ1v) is 9.16. The molecule has 0 spiro atoms. The monoisotopic (exact) mass is 388 g/mol. The Balaban J connectivity index is 1.60. The second kappa shape index (κ2) is 8.34. The van der Waals surface area contributed by atoms with Crippen LogP contribution in [0, 0.1) is 5.82 Å². The number of hydrogen-bond donors (Lipinski definition) is 0. The number of ether oxygens (including phenoxy) is 1. The predicted octanol–water partition coefficient (Wildman–Crippen LogP) is 5.15. The summed E-state index contributed by atoms with van der Waals surface area (Å²) < 4.78 is 18.5. The Bertz CT molecular complexity index is 969. The van der Waals surface area contributed by atoms with Crippen LogP contribution in [0.1, 0.15) is 10.4 Å². The Morgan fingerprint density at radius 2 is 1.73 bits per heavy atom. The maximum absolute atomic E-state index is 13.5. The van der Waals surface area contributed by atoms with E-state index in [-0.39, 0.29) is 11.3 Å². The summed E-state index contributed by atoms with van der Waals surface area (Å²) in [5, 5.41) is 2.45. The highest BCUT2D eigenvalue weighted by atomic mass is 35.5. The Hall–Kier alpha value is -2.37. The van der Waals surface area contributed by atoms with Crippen LogP contribution in [0.2, 0.25) is 5.02 Å². The van der Waals surface area contributed by atoms with Crippen molar-refractivity contribution in [3.63, 3.8) is 0 Å². The van der Waals surface area contributed by atoms with Gasteiger partial charge < -0.3 is 4.74 Å². The molecular formula is C20H14ClFO3S. The largest absolute Gasteiger partial charge is 0.457 e. The molecule has 26 heavy (non-hydrogen) atoms. The lowest BCUT2D eigenvalue weighted by molar-refractivity contribution is -0.139. The Morgan fingerprint density at radius 1 is 1.00 bits per heavy atom. The van der Waals surface area contributed by atoms with Crippen LogP contribution in [0.15, 0.2) is 65.6 Å². The highest BCUT2D eigenvalue weighted by molar-refractivity contribution is 8.00. The Kier molecular flexibility index (Phi) is 5.91. The summed E-state index contributed by atoms with van der Waals surface area (Å²) in [5.41, 5.74) is -0.0891. The fourth-order valence-corrected chi connectivity index (χ4v) is 3.72. The first-order chi connectivity index (χ1) is 12.6. The highest BCUT2D eigenvalue weighted by Crippen LogP contribution is 2.33. The van der Waals surface area contributed by atoms with Gasteiger partial charge in [0.05, 0.1) is 11.3 Å². The molecule has 0 unspecified atom stereocenters. The molecule has 3 aromatic rings. The molecule has 0 heterocycles. The summed E-state index contributed by atoms with van der Waals surface area (Å²) in [4.78, 5) is 24.7. The standard InChI is InChI=1S/C20H14ClFO3S/c21-15-8-3-5-13-6-4-10-18(20(13)15)26-12-19(24)25-11-17(23)14-7-1-2-9-16(14)22/h1-10H,11-12H2. The summed E-state index contributed by atoms with van der Waals surface area (Å²) in [5.74, 6) is -1.73. The lowest BCUT2D eigenvalue weighted by Gasteiger charge is -2.08. The lowest BCUT2D eigenvalue weighted by atomic mass is 10.1. The number of ketones is 1. The minimum absolute atomic E-state index is 0.0227. The number of carbonyl (C=O) groups excluding carboxylic acids is 2. The second-order valence-electron chi connectivity index (χ2n) is 5.45. The van der Waals surface area contributed by atoms with E-state index in [1.807, 2.05) is 30.3 Å². The molecule has 3 aromatic carbocycles. The average Bonchev–Trinajstić information content (AvgIpc) is 2.65. The number of thioether (sulfide) groups is 1. The van der Waals surface area contributed by atoms with Gasteiger partial charge in [-0.3, -0.25) is 9.59 Å². The van der Waals surface area contributed by atoms with Crippen LogP contribution >= 0.6 is 23.4 Å². The van der Waals surface area contributed by atoms with E-state index in [0.29, 0.717) is 5.02 Å². The van der Waals surface area contributed by atoms with E-state index in [1.165, 1.54) is 30.0 Å².